The number of nitrogen functional groups attached to an aromatic ring is 1. The van der Waals surface area contributed by atoms with E-state index in [2.05, 4.69) is 15.4 Å². The van der Waals surface area contributed by atoms with Crippen LogP contribution in [0.4, 0.5) is 16.2 Å². The molecule has 0 atom stereocenters. The molecule has 1 fully saturated rings. The van der Waals surface area contributed by atoms with Gasteiger partial charge < -0.3 is 4.90 Å². The van der Waals surface area contributed by atoms with Crippen molar-refractivity contribution in [3.63, 3.8) is 0 Å². The maximum Gasteiger partial charge on any atom is 0.239 e. The van der Waals surface area contributed by atoms with E-state index in [1.807, 2.05) is 11.9 Å². The van der Waals surface area contributed by atoms with Crippen LogP contribution in [0.3, 0.4) is 0 Å². The molecule has 18 heavy (non-hydrogen) atoms. The lowest BCUT2D eigenvalue weighted by molar-refractivity contribution is 0.360. The van der Waals surface area contributed by atoms with E-state index in [-0.39, 0.29) is 5.95 Å². The van der Waals surface area contributed by atoms with Crippen molar-refractivity contribution in [3.05, 3.63) is 12.0 Å². The van der Waals surface area contributed by atoms with Gasteiger partial charge in [-0.3, -0.25) is 5.43 Å². The number of hydrazine groups is 1. The van der Waals surface area contributed by atoms with Crippen molar-refractivity contribution in [1.29, 1.82) is 0 Å². The molecule has 0 unspecified atom stereocenters. The van der Waals surface area contributed by atoms with E-state index in [9.17, 15) is 4.39 Å². The summed E-state index contributed by atoms with van der Waals surface area (Å²) >= 11 is 0. The van der Waals surface area contributed by atoms with E-state index in [1.165, 1.54) is 32.1 Å². The standard InChI is InChI=1S/C12H20FN5/c1-18(8-9-5-3-2-4-6-9)11-10(13)7-15-12(16-11)17-14/h7,9H,2-6,8,14H2,1H3,(H,15,16,17). The highest BCUT2D eigenvalue weighted by Crippen LogP contribution is 2.26. The molecule has 0 spiro atoms. The minimum Gasteiger partial charge on any atom is -0.357 e. The normalized spacial score (nSPS) is 16.6. The monoisotopic (exact) mass is 253 g/mol. The zero-order valence-electron chi connectivity index (χ0n) is 10.7. The van der Waals surface area contributed by atoms with Gasteiger partial charge in [0.15, 0.2) is 11.6 Å². The van der Waals surface area contributed by atoms with Crippen molar-refractivity contribution in [1.82, 2.24) is 9.97 Å². The highest BCUT2D eigenvalue weighted by atomic mass is 19.1. The van der Waals surface area contributed by atoms with Crippen LogP contribution in [0.2, 0.25) is 0 Å². The second-order valence-electron chi connectivity index (χ2n) is 4.89. The van der Waals surface area contributed by atoms with Crippen molar-refractivity contribution in [2.24, 2.45) is 11.8 Å². The Morgan fingerprint density at radius 3 is 2.83 bits per heavy atom. The Bertz CT molecular complexity index is 392. The van der Waals surface area contributed by atoms with Crippen molar-refractivity contribution >= 4 is 11.8 Å². The van der Waals surface area contributed by atoms with Gasteiger partial charge in [-0.05, 0) is 18.8 Å². The third-order valence-electron chi connectivity index (χ3n) is 3.47. The van der Waals surface area contributed by atoms with E-state index >= 15 is 0 Å². The summed E-state index contributed by atoms with van der Waals surface area (Å²) in [5.41, 5.74) is 2.34. The Labute approximate surface area is 107 Å². The Kier molecular flexibility index (Phi) is 4.30. The Hall–Kier alpha value is -1.43. The zero-order chi connectivity index (χ0) is 13.0. The van der Waals surface area contributed by atoms with Gasteiger partial charge in [-0.2, -0.15) is 4.98 Å². The molecule has 1 aliphatic carbocycles. The zero-order valence-corrected chi connectivity index (χ0v) is 10.7. The van der Waals surface area contributed by atoms with Gasteiger partial charge in [0.1, 0.15) is 0 Å². The molecule has 1 aliphatic rings. The summed E-state index contributed by atoms with van der Waals surface area (Å²) in [6.07, 6.45) is 7.47. The summed E-state index contributed by atoms with van der Waals surface area (Å²) < 4.78 is 13.7. The first kappa shape index (κ1) is 13.0. The predicted molar refractivity (Wildman–Crippen MR) is 69.6 cm³/mol. The Morgan fingerprint density at radius 2 is 2.17 bits per heavy atom. The van der Waals surface area contributed by atoms with Gasteiger partial charge in [0.25, 0.3) is 0 Å². The van der Waals surface area contributed by atoms with Crippen LogP contribution in [0, 0.1) is 11.7 Å². The third-order valence-corrected chi connectivity index (χ3v) is 3.47. The van der Waals surface area contributed by atoms with Gasteiger partial charge in [0, 0.05) is 13.6 Å². The molecule has 100 valence electrons. The molecule has 3 N–H and O–H groups in total. The first-order valence-corrected chi connectivity index (χ1v) is 6.41. The quantitative estimate of drug-likeness (QED) is 0.634. The molecule has 0 amide bonds. The summed E-state index contributed by atoms with van der Waals surface area (Å²) in [4.78, 5) is 9.65. The molecule has 6 heteroatoms. The van der Waals surface area contributed by atoms with Crippen LogP contribution in [-0.4, -0.2) is 23.6 Å². The lowest BCUT2D eigenvalue weighted by Crippen LogP contribution is -2.28. The van der Waals surface area contributed by atoms with Crippen molar-refractivity contribution < 1.29 is 4.39 Å². The minimum atomic E-state index is -0.410. The first-order chi connectivity index (χ1) is 8.70. The summed E-state index contributed by atoms with van der Waals surface area (Å²) in [7, 11) is 1.86. The van der Waals surface area contributed by atoms with Gasteiger partial charge in [-0.15, -0.1) is 0 Å². The van der Waals surface area contributed by atoms with E-state index in [1.54, 1.807) is 0 Å². The number of halogens is 1. The highest BCUT2D eigenvalue weighted by Gasteiger charge is 2.18. The van der Waals surface area contributed by atoms with Gasteiger partial charge in [0.2, 0.25) is 5.95 Å². The van der Waals surface area contributed by atoms with Gasteiger partial charge in [0.05, 0.1) is 6.20 Å². The second-order valence-corrected chi connectivity index (χ2v) is 4.89. The average Bonchev–Trinajstić information content (AvgIpc) is 2.40. The summed E-state index contributed by atoms with van der Waals surface area (Å²) in [6.45, 7) is 0.831. The highest BCUT2D eigenvalue weighted by molar-refractivity contribution is 5.42. The van der Waals surface area contributed by atoms with E-state index < -0.39 is 5.82 Å². The van der Waals surface area contributed by atoms with Crippen LogP contribution in [0.1, 0.15) is 32.1 Å². The number of nitrogens with two attached hydrogens (primary N) is 1. The lowest BCUT2D eigenvalue weighted by Gasteiger charge is -2.27. The van der Waals surface area contributed by atoms with Crippen LogP contribution < -0.4 is 16.2 Å². The van der Waals surface area contributed by atoms with Crippen molar-refractivity contribution in [3.8, 4) is 0 Å². The van der Waals surface area contributed by atoms with Crippen LogP contribution in [0.5, 0.6) is 0 Å². The smallest absolute Gasteiger partial charge is 0.239 e. The molecular formula is C12H20FN5. The molecule has 5 nitrogen and oxygen atoms in total. The second kappa shape index (κ2) is 5.95. The fourth-order valence-corrected chi connectivity index (χ4v) is 2.54. The summed E-state index contributed by atoms with van der Waals surface area (Å²) in [6, 6.07) is 0. The van der Waals surface area contributed by atoms with Crippen molar-refractivity contribution in [2.45, 2.75) is 32.1 Å². The van der Waals surface area contributed by atoms with E-state index in [4.69, 9.17) is 5.84 Å². The number of hydrogen-bond donors (Lipinski definition) is 2. The fourth-order valence-electron chi connectivity index (χ4n) is 2.54. The topological polar surface area (TPSA) is 67.1 Å². The maximum absolute atomic E-state index is 13.7. The molecule has 2 rings (SSSR count). The number of aromatic nitrogens is 2. The molecule has 1 aromatic heterocycles. The molecule has 0 aliphatic heterocycles. The average molecular weight is 253 g/mol. The number of nitrogens with zero attached hydrogens (tertiary/aromatic N) is 3. The number of hydrogen-bond acceptors (Lipinski definition) is 5. The molecule has 1 heterocycles. The molecule has 0 radical (unpaired) electrons. The van der Waals surface area contributed by atoms with Crippen LogP contribution in [-0.2, 0) is 0 Å². The molecule has 0 aromatic carbocycles. The SMILES string of the molecule is CN(CC1CCCCC1)c1nc(NN)ncc1F. The fraction of sp³-hybridized carbons (Fsp3) is 0.667. The largest absolute Gasteiger partial charge is 0.357 e. The molecular weight excluding hydrogens is 233 g/mol. The Balaban J connectivity index is 2.04. The van der Waals surface area contributed by atoms with Crippen LogP contribution in [0.25, 0.3) is 0 Å². The molecule has 0 bridgehead atoms. The molecule has 1 saturated carbocycles. The molecule has 1 aromatic rings. The summed E-state index contributed by atoms with van der Waals surface area (Å²) in [5.74, 6) is 6.01. The summed E-state index contributed by atoms with van der Waals surface area (Å²) in [5, 5.41) is 0. The van der Waals surface area contributed by atoms with Crippen LogP contribution in [0.15, 0.2) is 6.20 Å². The van der Waals surface area contributed by atoms with E-state index in [0.29, 0.717) is 11.7 Å². The number of anilines is 2. The maximum atomic E-state index is 13.7. The minimum absolute atomic E-state index is 0.238. The van der Waals surface area contributed by atoms with Gasteiger partial charge in [-0.25, -0.2) is 15.2 Å². The molecule has 0 saturated heterocycles. The number of nitrogens with one attached hydrogen (secondary N) is 1. The van der Waals surface area contributed by atoms with Gasteiger partial charge >= 0.3 is 0 Å². The van der Waals surface area contributed by atoms with Gasteiger partial charge in [-0.1, -0.05) is 19.3 Å². The van der Waals surface area contributed by atoms with E-state index in [0.717, 1.165) is 12.7 Å². The third kappa shape index (κ3) is 3.07. The number of rotatable bonds is 4. The first-order valence-electron chi connectivity index (χ1n) is 6.41. The Morgan fingerprint density at radius 1 is 1.44 bits per heavy atom. The van der Waals surface area contributed by atoms with Crippen molar-refractivity contribution in [2.75, 3.05) is 23.9 Å². The van der Waals surface area contributed by atoms with Crippen LogP contribution >= 0.6 is 0 Å². The lowest BCUT2D eigenvalue weighted by atomic mass is 9.89. The predicted octanol–water partition coefficient (Wildman–Crippen LogP) is 1.92.